The molecule has 19 N–H and O–H groups in total. The van der Waals surface area contributed by atoms with Gasteiger partial charge in [0.1, 0.15) is 5.76 Å². The summed E-state index contributed by atoms with van der Waals surface area (Å²) in [6.45, 7) is 6.93. The second kappa shape index (κ2) is 27.2. The molecule has 0 atom stereocenters. The van der Waals surface area contributed by atoms with Crippen molar-refractivity contribution in [2.24, 2.45) is 11.5 Å². The van der Waals surface area contributed by atoms with Crippen molar-refractivity contribution in [3.8, 4) is 0 Å². The largest absolute Gasteiger partial charge is 0.426 e. The first kappa shape index (κ1) is 56.4. The summed E-state index contributed by atoms with van der Waals surface area (Å²) in [6.07, 6.45) is 6.32. The van der Waals surface area contributed by atoms with Crippen LogP contribution < -0.4 is 45.0 Å². The van der Waals surface area contributed by atoms with Crippen molar-refractivity contribution < 1.29 is 36.6 Å². The van der Waals surface area contributed by atoms with E-state index in [0.29, 0.717) is 0 Å². The normalized spacial score (nSPS) is 10.2. The number of rotatable bonds is 4. The predicted octanol–water partition coefficient (Wildman–Crippen LogP) is 2.06. The van der Waals surface area contributed by atoms with Gasteiger partial charge >= 0.3 is 16.4 Å². The molecule has 0 saturated heterocycles. The van der Waals surface area contributed by atoms with Crippen molar-refractivity contribution >= 4 is 125 Å². The number of thioether (sulfide) groups is 3. The molecule has 0 aromatic carbocycles. The molecular weight excluding hydrogens is 838 g/mol. The molecule has 0 fully saturated rings. The maximum atomic E-state index is 11.9. The number of aromatic nitrogens is 4. The zero-order chi connectivity index (χ0) is 42.4. The number of anilines is 4. The third-order valence-electron chi connectivity index (χ3n) is 4.18. The van der Waals surface area contributed by atoms with Crippen LogP contribution in [0.5, 0.6) is 0 Å². The Morgan fingerprint density at radius 3 is 1.48 bits per heavy atom. The molecule has 0 radical (unpaired) electrons. The maximum Gasteiger partial charge on any atom is 0.394 e. The van der Waals surface area contributed by atoms with Crippen molar-refractivity contribution in [1.29, 1.82) is 16.2 Å². The predicted molar refractivity (Wildman–Crippen MR) is 219 cm³/mol. The molecule has 23 nitrogen and oxygen atoms in total. The van der Waals surface area contributed by atoms with E-state index in [4.69, 9.17) is 96.1 Å². The monoisotopic (exact) mass is 881 g/mol. The first-order chi connectivity index (χ1) is 24.0. The smallest absolute Gasteiger partial charge is 0.394 e. The highest BCUT2D eigenvalue weighted by Crippen LogP contribution is 2.19. The van der Waals surface area contributed by atoms with Gasteiger partial charge in [0.25, 0.3) is 5.91 Å². The third-order valence-corrected chi connectivity index (χ3v) is 6.12. The fourth-order valence-electron chi connectivity index (χ4n) is 2.23. The highest BCUT2D eigenvalue weighted by atomic mass is 35.5. The van der Waals surface area contributed by atoms with E-state index in [9.17, 15) is 14.4 Å². The third kappa shape index (κ3) is 30.1. The Kier molecular flexibility index (Phi) is 28.4. The molecule has 0 bridgehead atoms. The topological polar surface area (TPSA) is 438 Å². The van der Waals surface area contributed by atoms with Crippen LogP contribution in [0.1, 0.15) is 56.1 Å². The number of nitrogen functional groups attached to an aromatic ring is 4. The molecule has 2 aromatic heterocycles. The van der Waals surface area contributed by atoms with Gasteiger partial charge in [0.15, 0.2) is 60.5 Å². The summed E-state index contributed by atoms with van der Waals surface area (Å²) < 4.78 is 36.6. The van der Waals surface area contributed by atoms with Crippen LogP contribution in [0.15, 0.2) is 11.8 Å². The fourth-order valence-corrected chi connectivity index (χ4v) is 2.68. The number of ether oxygens (including phenoxy) is 1. The van der Waals surface area contributed by atoms with E-state index >= 15 is 0 Å². The Balaban J connectivity index is -0.000000338. The molecule has 0 aliphatic carbocycles. The number of nitrogens with two attached hydrogens (primary N) is 6. The van der Waals surface area contributed by atoms with Gasteiger partial charge in [-0.2, -0.15) is 8.42 Å². The van der Waals surface area contributed by atoms with Gasteiger partial charge in [0.2, 0.25) is 5.91 Å². The van der Waals surface area contributed by atoms with Gasteiger partial charge in [-0.25, -0.2) is 24.7 Å². The van der Waals surface area contributed by atoms with Crippen LogP contribution in [0.3, 0.4) is 0 Å². The summed E-state index contributed by atoms with van der Waals surface area (Å²) in [6, 6.07) is 0. The standard InChI is InChI=1S/C13H18ClN5O3.C7H9ClN6OS.2C2H6N2S.CH4.H2O4S/c1-6(5-7(20)19-13(2,3)4)22-12(21)8-10(15)18-11(16)9(14)17-8;1-16-7(11)14-6(15)2-4(9)13-5(10)3(8)12-2;2*1-5-2(3)4;;1-5(2,3)4/h5H,1-4H3,(H,19,20)(H4,15,16,18);1H3,(H4,9,10,13)(H2,11,14,15);2*1H3,(H3,3,4);1H4;(H2,1,2,3,4)/b6-5+;;;;;. The number of nitrogens with zero attached hydrogens (tertiary/aromatic N) is 4. The number of carbonyl (C=O) groups is 3. The number of allylic oxidation sites excluding steroid dienone is 1. The van der Waals surface area contributed by atoms with E-state index in [0.717, 1.165) is 17.8 Å². The van der Waals surface area contributed by atoms with Gasteiger partial charge < -0.3 is 49.8 Å². The minimum Gasteiger partial charge on any atom is -0.426 e. The Labute approximate surface area is 334 Å². The van der Waals surface area contributed by atoms with E-state index in [2.05, 4.69) is 30.6 Å². The van der Waals surface area contributed by atoms with E-state index in [1.165, 1.54) is 30.4 Å². The first-order valence-corrected chi connectivity index (χ1v) is 19.1. The highest BCUT2D eigenvalue weighted by molar-refractivity contribution is 8.13. The number of amidine groups is 3. The van der Waals surface area contributed by atoms with Crippen molar-refractivity contribution in [3.63, 3.8) is 0 Å². The number of hydrogen-bond acceptors (Lipinski definition) is 20. The van der Waals surface area contributed by atoms with Crippen LogP contribution in [0.25, 0.3) is 0 Å². The molecule has 54 heavy (non-hydrogen) atoms. The number of carbonyl (C=O) groups excluding carboxylic acids is 3. The van der Waals surface area contributed by atoms with E-state index < -0.39 is 33.7 Å². The minimum atomic E-state index is -4.67. The summed E-state index contributed by atoms with van der Waals surface area (Å²) in [5, 5.41) is 25.2. The number of nitrogens with one attached hydrogen (secondary N) is 5. The van der Waals surface area contributed by atoms with Gasteiger partial charge in [0, 0.05) is 11.6 Å². The van der Waals surface area contributed by atoms with E-state index in [-0.39, 0.29) is 73.7 Å². The SMILES string of the molecule is C.C/C(=C\C(=O)NC(C)(C)C)OC(=O)c1nc(Cl)c(N)nc1N.CSC(=N)N.CSC(=N)N.CSC(=N)NC(=O)c1nc(Cl)c(N)nc1N.O=S(=O)(O)O. The summed E-state index contributed by atoms with van der Waals surface area (Å²) >= 11 is 14.8. The van der Waals surface area contributed by atoms with E-state index in [1.807, 2.05) is 20.8 Å². The fraction of sp³-hybridized carbons (Fsp3) is 0.360. The molecule has 0 spiro atoms. The van der Waals surface area contributed by atoms with Gasteiger partial charge in [0.05, 0.1) is 0 Å². The Bertz CT molecular complexity index is 1740. The van der Waals surface area contributed by atoms with Crippen LogP contribution >= 0.6 is 58.5 Å². The molecule has 2 heterocycles. The Morgan fingerprint density at radius 1 is 0.796 bits per heavy atom. The average molecular weight is 883 g/mol. The van der Waals surface area contributed by atoms with Crippen LogP contribution in [0.4, 0.5) is 23.3 Å². The molecule has 2 aromatic rings. The molecule has 2 rings (SSSR count). The Hall–Kier alpha value is -4.38. The maximum absolute atomic E-state index is 11.9. The molecular formula is C25H45Cl2N15O8S4. The zero-order valence-corrected chi connectivity index (χ0v) is 33.8. The minimum absolute atomic E-state index is 0. The summed E-state index contributed by atoms with van der Waals surface area (Å²) in [5.41, 5.74) is 30.6. The summed E-state index contributed by atoms with van der Waals surface area (Å²) in [4.78, 5) is 49.9. The lowest BCUT2D eigenvalue weighted by molar-refractivity contribution is -0.118. The quantitative estimate of drug-likeness (QED) is 0.0522. The van der Waals surface area contributed by atoms with Gasteiger partial charge in [-0.15, -0.1) is 0 Å². The lowest BCUT2D eigenvalue weighted by Crippen LogP contribution is -2.39. The van der Waals surface area contributed by atoms with Gasteiger partial charge in [-0.05, 0) is 46.5 Å². The first-order valence-electron chi connectivity index (χ1n) is 13.3. The van der Waals surface area contributed by atoms with Gasteiger partial charge in [-0.3, -0.25) is 34.9 Å². The summed E-state index contributed by atoms with van der Waals surface area (Å²) in [7, 11) is -4.67. The van der Waals surface area contributed by atoms with Crippen molar-refractivity contribution in [2.45, 2.75) is 40.7 Å². The molecule has 0 saturated carbocycles. The molecule has 0 unspecified atom stereocenters. The molecule has 29 heteroatoms. The molecule has 306 valence electrons. The summed E-state index contributed by atoms with van der Waals surface area (Å²) in [5.74, 6) is -2.33. The zero-order valence-electron chi connectivity index (χ0n) is 29.1. The van der Waals surface area contributed by atoms with Crippen LogP contribution in [0.2, 0.25) is 10.3 Å². The van der Waals surface area contributed by atoms with Crippen LogP contribution in [0, 0.1) is 16.2 Å². The number of amides is 2. The second-order valence-corrected chi connectivity index (χ2v) is 13.8. The highest BCUT2D eigenvalue weighted by Gasteiger charge is 2.19. The van der Waals surface area contributed by atoms with Crippen LogP contribution in [-0.2, 0) is 19.9 Å². The lowest BCUT2D eigenvalue weighted by Gasteiger charge is -2.19. The Morgan fingerprint density at radius 2 is 1.15 bits per heavy atom. The van der Waals surface area contributed by atoms with Crippen molar-refractivity contribution in [2.75, 3.05) is 41.7 Å². The average Bonchev–Trinajstić information content (AvgIpc) is 2.99. The number of hydrogen-bond donors (Lipinski definition) is 13. The molecule has 0 aliphatic heterocycles. The number of halogens is 2. The second-order valence-electron chi connectivity index (χ2n) is 9.72. The van der Waals surface area contributed by atoms with Crippen molar-refractivity contribution in [1.82, 2.24) is 30.6 Å². The van der Waals surface area contributed by atoms with E-state index in [1.54, 1.807) is 18.8 Å². The lowest BCUT2D eigenvalue weighted by atomic mass is 10.1. The molecule has 0 aliphatic rings. The van der Waals surface area contributed by atoms with Crippen LogP contribution in [-0.4, -0.2) is 95.1 Å². The van der Waals surface area contributed by atoms with Crippen molar-refractivity contribution in [3.05, 3.63) is 33.5 Å². The number of esters is 1. The van der Waals surface area contributed by atoms with Gasteiger partial charge in [-0.1, -0.05) is 65.9 Å². The molecule has 2 amide bonds.